The molecule has 0 aliphatic rings. The van der Waals surface area contributed by atoms with Gasteiger partial charge < -0.3 is 15.2 Å². The summed E-state index contributed by atoms with van der Waals surface area (Å²) in [6.45, 7) is 2.49. The zero-order valence-corrected chi connectivity index (χ0v) is 15.3. The number of carbonyl (C=O) groups is 3. The molecule has 2 aromatic rings. The molecule has 0 fully saturated rings. The summed E-state index contributed by atoms with van der Waals surface area (Å²) in [6.07, 6.45) is 1.96. The topological polar surface area (TPSA) is 117 Å². The third-order valence-corrected chi connectivity index (χ3v) is 3.59. The van der Waals surface area contributed by atoms with Gasteiger partial charge >= 0.3 is 17.8 Å². The van der Waals surface area contributed by atoms with Crippen molar-refractivity contribution in [2.24, 2.45) is 5.10 Å². The van der Waals surface area contributed by atoms with Crippen molar-refractivity contribution in [2.75, 3.05) is 6.54 Å². The van der Waals surface area contributed by atoms with Crippen LogP contribution in [-0.2, 0) is 16.2 Å². The minimum atomic E-state index is -1.15. The molecule has 0 heterocycles. The quantitative estimate of drug-likeness (QED) is 0.366. The van der Waals surface area contributed by atoms with E-state index >= 15 is 0 Å². The first kappa shape index (κ1) is 20.6. The molecule has 0 unspecified atom stereocenters. The second kappa shape index (κ2) is 10.5. The Hall–Kier alpha value is -3.68. The fourth-order valence-electron chi connectivity index (χ4n) is 2.19. The summed E-state index contributed by atoms with van der Waals surface area (Å²) >= 11 is 0. The molecule has 8 heteroatoms. The predicted octanol–water partition coefficient (Wildman–Crippen LogP) is 1.94. The number of aromatic carboxylic acids is 1. The zero-order valence-electron chi connectivity index (χ0n) is 15.3. The average Bonchev–Trinajstić information content (AvgIpc) is 2.71. The van der Waals surface area contributed by atoms with Gasteiger partial charge in [-0.15, -0.1) is 0 Å². The number of nitrogens with one attached hydrogen (secondary N) is 2. The van der Waals surface area contributed by atoms with Crippen molar-refractivity contribution in [3.63, 3.8) is 0 Å². The summed E-state index contributed by atoms with van der Waals surface area (Å²) in [4.78, 5) is 34.5. The van der Waals surface area contributed by atoms with E-state index in [0.717, 1.165) is 5.56 Å². The van der Waals surface area contributed by atoms with Gasteiger partial charge in [0.05, 0.1) is 6.21 Å². The number of rotatable bonds is 8. The first-order valence-corrected chi connectivity index (χ1v) is 8.66. The van der Waals surface area contributed by atoms with Crippen LogP contribution in [0.4, 0.5) is 0 Å². The Bertz CT molecular complexity index is 865. The molecule has 0 saturated heterocycles. The van der Waals surface area contributed by atoms with Crippen molar-refractivity contribution in [1.29, 1.82) is 0 Å². The summed E-state index contributed by atoms with van der Waals surface area (Å²) in [6, 6.07) is 13.9. The van der Waals surface area contributed by atoms with Crippen LogP contribution < -0.4 is 15.5 Å². The molecular weight excluding hydrogens is 362 g/mol. The summed E-state index contributed by atoms with van der Waals surface area (Å²) in [5.74, 6) is -2.61. The number of hydrogen-bond acceptors (Lipinski definition) is 5. The molecule has 0 spiro atoms. The maximum absolute atomic E-state index is 11.5. The average molecular weight is 383 g/mol. The van der Waals surface area contributed by atoms with Crippen LogP contribution >= 0.6 is 0 Å². The predicted molar refractivity (Wildman–Crippen MR) is 103 cm³/mol. The number of carboxylic acids is 1. The Morgan fingerprint density at radius 3 is 2.54 bits per heavy atom. The molecule has 0 radical (unpaired) electrons. The molecule has 146 valence electrons. The lowest BCUT2D eigenvalue weighted by Gasteiger charge is -2.10. The van der Waals surface area contributed by atoms with Crippen LogP contribution in [0.15, 0.2) is 53.6 Å². The highest BCUT2D eigenvalue weighted by atomic mass is 16.5. The van der Waals surface area contributed by atoms with E-state index in [1.807, 2.05) is 37.3 Å². The number of benzene rings is 2. The van der Waals surface area contributed by atoms with Crippen molar-refractivity contribution >= 4 is 24.0 Å². The van der Waals surface area contributed by atoms with Crippen LogP contribution in [0.25, 0.3) is 0 Å². The summed E-state index contributed by atoms with van der Waals surface area (Å²) in [5.41, 5.74) is 3.39. The normalized spacial score (nSPS) is 10.5. The monoisotopic (exact) mass is 383 g/mol. The third-order valence-electron chi connectivity index (χ3n) is 3.59. The number of carbonyl (C=O) groups excluding carboxylic acids is 2. The highest BCUT2D eigenvalue weighted by Crippen LogP contribution is 2.21. The summed E-state index contributed by atoms with van der Waals surface area (Å²) in [5, 5.41) is 15.5. The molecule has 2 aromatic carbocycles. The van der Waals surface area contributed by atoms with Gasteiger partial charge in [-0.1, -0.05) is 37.3 Å². The molecule has 0 saturated carbocycles. The second-order valence-electron chi connectivity index (χ2n) is 5.79. The molecule has 2 rings (SSSR count). The molecule has 0 bridgehead atoms. The van der Waals surface area contributed by atoms with Gasteiger partial charge in [-0.3, -0.25) is 9.59 Å². The van der Waals surface area contributed by atoms with E-state index < -0.39 is 17.8 Å². The number of hydrazone groups is 1. The standard InChI is InChI=1S/C20H21N3O5/c1-2-10-21-18(24)19(25)23-22-12-15-8-9-17(16(11-15)20(26)27)28-13-14-6-4-3-5-7-14/h3-9,11-12H,2,10,13H2,1H3,(H,21,24)(H,23,25)(H,26,27)/b22-12-. The lowest BCUT2D eigenvalue weighted by atomic mass is 10.1. The van der Waals surface area contributed by atoms with Crippen LogP contribution in [0.5, 0.6) is 5.75 Å². The van der Waals surface area contributed by atoms with Crippen molar-refractivity contribution in [2.45, 2.75) is 20.0 Å². The Balaban J connectivity index is 2.02. The van der Waals surface area contributed by atoms with E-state index in [9.17, 15) is 19.5 Å². The smallest absolute Gasteiger partial charge is 0.339 e. The fraction of sp³-hybridized carbons (Fsp3) is 0.200. The Morgan fingerprint density at radius 2 is 1.86 bits per heavy atom. The zero-order chi connectivity index (χ0) is 20.4. The van der Waals surface area contributed by atoms with Gasteiger partial charge in [0.25, 0.3) is 0 Å². The van der Waals surface area contributed by atoms with Gasteiger partial charge in [-0.05, 0) is 35.7 Å². The Kier molecular flexibility index (Phi) is 7.71. The molecule has 28 heavy (non-hydrogen) atoms. The molecule has 3 N–H and O–H groups in total. The molecule has 0 aromatic heterocycles. The molecule has 8 nitrogen and oxygen atoms in total. The first-order chi connectivity index (χ1) is 13.5. The first-order valence-electron chi connectivity index (χ1n) is 8.66. The Morgan fingerprint density at radius 1 is 1.11 bits per heavy atom. The van der Waals surface area contributed by atoms with Gasteiger partial charge in [0.2, 0.25) is 0 Å². The number of nitrogens with zero attached hydrogens (tertiary/aromatic N) is 1. The van der Waals surface area contributed by atoms with Crippen LogP contribution in [-0.4, -0.2) is 35.6 Å². The van der Waals surface area contributed by atoms with Crippen molar-refractivity contribution < 1.29 is 24.2 Å². The van der Waals surface area contributed by atoms with Gasteiger partial charge in [-0.25, -0.2) is 10.2 Å². The van der Waals surface area contributed by atoms with Crippen LogP contribution in [0.3, 0.4) is 0 Å². The summed E-state index contributed by atoms with van der Waals surface area (Å²) in [7, 11) is 0. The molecule has 0 aliphatic heterocycles. The fourth-order valence-corrected chi connectivity index (χ4v) is 2.19. The van der Waals surface area contributed by atoms with E-state index in [0.29, 0.717) is 18.5 Å². The molecular formula is C20H21N3O5. The van der Waals surface area contributed by atoms with Gasteiger partial charge in [0.1, 0.15) is 17.9 Å². The highest BCUT2D eigenvalue weighted by Gasteiger charge is 2.13. The van der Waals surface area contributed by atoms with E-state index in [-0.39, 0.29) is 17.9 Å². The minimum absolute atomic E-state index is 0.0353. The lowest BCUT2D eigenvalue weighted by molar-refractivity contribution is -0.139. The van der Waals surface area contributed by atoms with Crippen LogP contribution in [0.1, 0.15) is 34.8 Å². The highest BCUT2D eigenvalue weighted by molar-refractivity contribution is 6.35. The lowest BCUT2D eigenvalue weighted by Crippen LogP contribution is -2.38. The van der Waals surface area contributed by atoms with Gasteiger partial charge in [0, 0.05) is 6.54 Å². The maximum atomic E-state index is 11.5. The second-order valence-corrected chi connectivity index (χ2v) is 5.79. The maximum Gasteiger partial charge on any atom is 0.339 e. The van der Waals surface area contributed by atoms with Crippen molar-refractivity contribution in [1.82, 2.24) is 10.7 Å². The van der Waals surface area contributed by atoms with E-state index in [1.54, 1.807) is 6.07 Å². The number of amides is 2. The van der Waals surface area contributed by atoms with Crippen LogP contribution in [0, 0.1) is 0 Å². The molecule has 2 amide bonds. The van der Waals surface area contributed by atoms with E-state index in [2.05, 4.69) is 15.8 Å². The van der Waals surface area contributed by atoms with Crippen molar-refractivity contribution in [3.8, 4) is 5.75 Å². The van der Waals surface area contributed by atoms with E-state index in [4.69, 9.17) is 4.74 Å². The number of hydrogen-bond donors (Lipinski definition) is 3. The third kappa shape index (κ3) is 6.24. The summed E-state index contributed by atoms with van der Waals surface area (Å²) < 4.78 is 5.60. The SMILES string of the molecule is CCCNC(=O)C(=O)N/N=C\c1ccc(OCc2ccccc2)c(C(=O)O)c1. The van der Waals surface area contributed by atoms with Crippen LogP contribution in [0.2, 0.25) is 0 Å². The largest absolute Gasteiger partial charge is 0.488 e. The van der Waals surface area contributed by atoms with Crippen molar-refractivity contribution in [3.05, 3.63) is 65.2 Å². The number of carboxylic acid groups (broad SMARTS) is 1. The van der Waals surface area contributed by atoms with Gasteiger partial charge in [-0.2, -0.15) is 5.10 Å². The Labute approximate surface area is 162 Å². The number of ether oxygens (including phenoxy) is 1. The minimum Gasteiger partial charge on any atom is -0.488 e. The molecule has 0 atom stereocenters. The van der Waals surface area contributed by atoms with E-state index in [1.165, 1.54) is 18.3 Å². The van der Waals surface area contributed by atoms with Gasteiger partial charge in [0.15, 0.2) is 0 Å². The molecule has 0 aliphatic carbocycles.